The largest absolute Gasteiger partial charge is 0.356 e. The first kappa shape index (κ1) is 13.7. The second-order valence-electron chi connectivity index (χ2n) is 5.12. The molecule has 1 aromatic rings. The summed E-state index contributed by atoms with van der Waals surface area (Å²) in [6.45, 7) is 6.44. The van der Waals surface area contributed by atoms with E-state index in [0.717, 1.165) is 25.3 Å². The maximum atomic E-state index is 5.84. The van der Waals surface area contributed by atoms with E-state index in [1.165, 1.54) is 29.1 Å². The van der Waals surface area contributed by atoms with Crippen LogP contribution >= 0.6 is 11.8 Å². The quantitative estimate of drug-likeness (QED) is 0.910. The number of pyridine rings is 1. The van der Waals surface area contributed by atoms with E-state index in [-0.39, 0.29) is 6.04 Å². The topological polar surface area (TPSA) is 42.1 Å². The van der Waals surface area contributed by atoms with Gasteiger partial charge in [0.2, 0.25) is 0 Å². The van der Waals surface area contributed by atoms with Crippen molar-refractivity contribution in [1.29, 1.82) is 0 Å². The molecule has 0 aromatic carbocycles. The molecule has 1 aromatic heterocycles. The van der Waals surface area contributed by atoms with Gasteiger partial charge in [0, 0.05) is 31.1 Å². The summed E-state index contributed by atoms with van der Waals surface area (Å²) in [6, 6.07) is 2.44. The van der Waals surface area contributed by atoms with Gasteiger partial charge in [-0.25, -0.2) is 4.98 Å². The molecular formula is C14H23N3S. The molecule has 0 radical (unpaired) electrons. The molecule has 3 nitrogen and oxygen atoms in total. The normalized spacial score (nSPS) is 18.5. The molecule has 2 heterocycles. The van der Waals surface area contributed by atoms with Crippen molar-refractivity contribution in [3.63, 3.8) is 0 Å². The van der Waals surface area contributed by atoms with Gasteiger partial charge in [-0.15, -0.1) is 0 Å². The first-order chi connectivity index (χ1) is 8.66. The van der Waals surface area contributed by atoms with E-state index in [1.807, 2.05) is 24.9 Å². The first-order valence-corrected chi connectivity index (χ1v) is 7.86. The molecule has 100 valence electrons. The number of hydrogen-bond donors (Lipinski definition) is 1. The number of aryl methyl sites for hydroxylation is 1. The molecule has 1 aliphatic heterocycles. The van der Waals surface area contributed by atoms with Crippen molar-refractivity contribution in [3.05, 3.63) is 23.4 Å². The lowest BCUT2D eigenvalue weighted by Crippen LogP contribution is -2.27. The van der Waals surface area contributed by atoms with Crippen LogP contribution in [-0.4, -0.2) is 35.6 Å². The zero-order valence-corrected chi connectivity index (χ0v) is 12.2. The predicted octanol–water partition coefficient (Wildman–Crippen LogP) is 2.22. The summed E-state index contributed by atoms with van der Waals surface area (Å²) in [5.74, 6) is 3.65. The highest BCUT2D eigenvalue weighted by Crippen LogP contribution is 2.21. The Kier molecular flexibility index (Phi) is 4.89. The Labute approximate surface area is 114 Å². The van der Waals surface area contributed by atoms with Gasteiger partial charge in [-0.1, -0.05) is 6.07 Å². The molecule has 2 rings (SSSR count). The number of anilines is 1. The van der Waals surface area contributed by atoms with Crippen molar-refractivity contribution in [1.82, 2.24) is 4.98 Å². The predicted molar refractivity (Wildman–Crippen MR) is 80.5 cm³/mol. The maximum Gasteiger partial charge on any atom is 0.131 e. The van der Waals surface area contributed by atoms with Crippen molar-refractivity contribution >= 4 is 17.6 Å². The molecule has 0 aliphatic carbocycles. The summed E-state index contributed by atoms with van der Waals surface area (Å²) in [5, 5.41) is 0. The van der Waals surface area contributed by atoms with E-state index >= 15 is 0 Å². The Balaban J connectivity index is 2.12. The van der Waals surface area contributed by atoms with Crippen LogP contribution in [0.5, 0.6) is 0 Å². The molecule has 4 heteroatoms. The van der Waals surface area contributed by atoms with Crippen molar-refractivity contribution in [2.24, 2.45) is 5.73 Å². The lowest BCUT2D eigenvalue weighted by Gasteiger charge is -2.23. The van der Waals surface area contributed by atoms with E-state index in [2.05, 4.69) is 22.9 Å². The van der Waals surface area contributed by atoms with Gasteiger partial charge in [0.15, 0.2) is 0 Å². The molecule has 18 heavy (non-hydrogen) atoms. The van der Waals surface area contributed by atoms with Gasteiger partial charge in [0.05, 0.1) is 0 Å². The van der Waals surface area contributed by atoms with Crippen LogP contribution in [0.2, 0.25) is 0 Å². The minimum atomic E-state index is 0.201. The van der Waals surface area contributed by atoms with E-state index in [4.69, 9.17) is 5.73 Å². The van der Waals surface area contributed by atoms with Crippen LogP contribution in [0, 0.1) is 6.92 Å². The summed E-state index contributed by atoms with van der Waals surface area (Å²) in [7, 11) is 0. The minimum Gasteiger partial charge on any atom is -0.356 e. The second-order valence-corrected chi connectivity index (χ2v) is 6.34. The Morgan fingerprint density at radius 1 is 1.44 bits per heavy atom. The molecule has 1 fully saturated rings. The van der Waals surface area contributed by atoms with Gasteiger partial charge in [0.25, 0.3) is 0 Å². The summed E-state index contributed by atoms with van der Waals surface area (Å²) in [5.41, 5.74) is 8.36. The first-order valence-electron chi connectivity index (χ1n) is 6.70. The molecule has 0 spiro atoms. The Morgan fingerprint density at radius 2 is 2.28 bits per heavy atom. The Morgan fingerprint density at radius 3 is 3.00 bits per heavy atom. The molecule has 0 saturated carbocycles. The lowest BCUT2D eigenvalue weighted by atomic mass is 10.1. The molecule has 0 amide bonds. The highest BCUT2D eigenvalue weighted by molar-refractivity contribution is 7.99. The van der Waals surface area contributed by atoms with Crippen LogP contribution in [-0.2, 0) is 6.42 Å². The summed E-state index contributed by atoms with van der Waals surface area (Å²) >= 11 is 2.05. The number of nitrogens with zero attached hydrogens (tertiary/aromatic N) is 2. The van der Waals surface area contributed by atoms with Crippen LogP contribution in [0.4, 0.5) is 5.82 Å². The Bertz CT molecular complexity index is 385. The van der Waals surface area contributed by atoms with E-state index in [9.17, 15) is 0 Å². The van der Waals surface area contributed by atoms with Crippen LogP contribution in [0.25, 0.3) is 0 Å². The maximum absolute atomic E-state index is 5.84. The highest BCUT2D eigenvalue weighted by Gasteiger charge is 2.13. The van der Waals surface area contributed by atoms with E-state index < -0.39 is 0 Å². The number of nitrogens with two attached hydrogens (primary N) is 1. The van der Waals surface area contributed by atoms with Crippen LogP contribution in [0.1, 0.15) is 24.5 Å². The van der Waals surface area contributed by atoms with Crippen molar-refractivity contribution in [2.75, 3.05) is 29.5 Å². The second kappa shape index (κ2) is 6.43. The van der Waals surface area contributed by atoms with Crippen LogP contribution in [0.3, 0.4) is 0 Å². The van der Waals surface area contributed by atoms with Crippen molar-refractivity contribution in [2.45, 2.75) is 32.7 Å². The van der Waals surface area contributed by atoms with Gasteiger partial charge in [0.1, 0.15) is 5.82 Å². The lowest BCUT2D eigenvalue weighted by molar-refractivity contribution is 0.732. The number of aromatic nitrogens is 1. The molecule has 1 atom stereocenters. The standard InChI is InChI=1S/C14H23N3S/c1-11-8-13(9-12(2)15)10-16-14(11)17-4-3-6-18-7-5-17/h8,10,12H,3-7,9,15H2,1-2H3. The highest BCUT2D eigenvalue weighted by atomic mass is 32.2. The average molecular weight is 265 g/mol. The fraction of sp³-hybridized carbons (Fsp3) is 0.643. The fourth-order valence-electron chi connectivity index (χ4n) is 2.40. The summed E-state index contributed by atoms with van der Waals surface area (Å²) in [4.78, 5) is 7.08. The third-order valence-corrected chi connectivity index (χ3v) is 4.24. The minimum absolute atomic E-state index is 0.201. The zero-order valence-electron chi connectivity index (χ0n) is 11.4. The van der Waals surface area contributed by atoms with Gasteiger partial charge in [-0.2, -0.15) is 11.8 Å². The molecule has 1 saturated heterocycles. The molecule has 2 N–H and O–H groups in total. The molecular weight excluding hydrogens is 242 g/mol. The van der Waals surface area contributed by atoms with Gasteiger partial charge in [-0.05, 0) is 43.6 Å². The van der Waals surface area contributed by atoms with Gasteiger partial charge in [-0.3, -0.25) is 0 Å². The van der Waals surface area contributed by atoms with Gasteiger partial charge < -0.3 is 10.6 Å². The van der Waals surface area contributed by atoms with Gasteiger partial charge >= 0.3 is 0 Å². The zero-order chi connectivity index (χ0) is 13.0. The molecule has 1 unspecified atom stereocenters. The third kappa shape index (κ3) is 3.62. The molecule has 1 aliphatic rings. The number of rotatable bonds is 3. The monoisotopic (exact) mass is 265 g/mol. The van der Waals surface area contributed by atoms with Crippen LogP contribution in [0.15, 0.2) is 12.3 Å². The summed E-state index contributed by atoms with van der Waals surface area (Å²) in [6.07, 6.45) is 4.15. The smallest absolute Gasteiger partial charge is 0.131 e. The van der Waals surface area contributed by atoms with Crippen LogP contribution < -0.4 is 10.6 Å². The Hall–Kier alpha value is -0.740. The van der Waals surface area contributed by atoms with Crippen molar-refractivity contribution < 1.29 is 0 Å². The third-order valence-electron chi connectivity index (χ3n) is 3.19. The SMILES string of the molecule is Cc1cc(CC(C)N)cnc1N1CCCSCC1. The van der Waals surface area contributed by atoms with Crippen molar-refractivity contribution in [3.8, 4) is 0 Å². The fourth-order valence-corrected chi connectivity index (χ4v) is 3.28. The van der Waals surface area contributed by atoms with E-state index in [0.29, 0.717) is 0 Å². The summed E-state index contributed by atoms with van der Waals surface area (Å²) < 4.78 is 0. The molecule has 0 bridgehead atoms. The number of hydrogen-bond acceptors (Lipinski definition) is 4. The van der Waals surface area contributed by atoms with E-state index in [1.54, 1.807) is 0 Å². The number of thioether (sulfide) groups is 1. The average Bonchev–Trinajstić information content (AvgIpc) is 2.57.